The monoisotopic (exact) mass is 216 g/mol. The van der Waals surface area contributed by atoms with E-state index in [2.05, 4.69) is 27.9 Å². The van der Waals surface area contributed by atoms with Gasteiger partial charge in [0, 0.05) is 6.07 Å². The first-order valence-corrected chi connectivity index (χ1v) is 5.74. The lowest BCUT2D eigenvalue weighted by molar-refractivity contribution is -0.341. The molecule has 0 aromatic carbocycles. The fraction of sp³-hybridized carbons (Fsp3) is 0.182. The minimum Gasteiger partial charge on any atom is -0.240 e. The molecule has 1 N–H and O–H groups in total. The Labute approximate surface area is 90.8 Å². The van der Waals surface area contributed by atoms with Crippen molar-refractivity contribution in [3.63, 3.8) is 0 Å². The molecule has 0 atom stereocenters. The molecule has 15 heavy (non-hydrogen) atoms. The van der Waals surface area contributed by atoms with Crippen molar-refractivity contribution in [2.24, 2.45) is 0 Å². The van der Waals surface area contributed by atoms with Gasteiger partial charge in [0.2, 0.25) is 0 Å². The lowest BCUT2D eigenvalue weighted by Crippen LogP contribution is -1.97. The molecule has 0 amide bonds. The zero-order valence-corrected chi connectivity index (χ0v) is 9.14. The van der Waals surface area contributed by atoms with Crippen LogP contribution in [0.15, 0.2) is 24.7 Å². The standard InChI is InChI=1S/C11H9N3S/c1-2-8-10-9(14-6-13-8)7-4-3-5-12-11(7)15-10/h3-6H,2H2,1H3/p+1. The fourth-order valence-electron chi connectivity index (χ4n) is 1.76. The first-order valence-electron chi connectivity index (χ1n) is 4.93. The van der Waals surface area contributed by atoms with E-state index < -0.39 is 0 Å². The van der Waals surface area contributed by atoms with Crippen molar-refractivity contribution in [2.45, 2.75) is 13.3 Å². The summed E-state index contributed by atoms with van der Waals surface area (Å²) in [5, 5.41) is 1.19. The Morgan fingerprint density at radius 2 is 2.33 bits per heavy atom. The third-order valence-corrected chi connectivity index (χ3v) is 3.66. The molecule has 0 aliphatic rings. The van der Waals surface area contributed by atoms with Crippen LogP contribution in [-0.4, -0.2) is 9.97 Å². The van der Waals surface area contributed by atoms with Crippen LogP contribution >= 0.6 is 11.3 Å². The van der Waals surface area contributed by atoms with Gasteiger partial charge in [-0.2, -0.15) is 0 Å². The molecule has 0 fully saturated rings. The topological polar surface area (TPSA) is 39.9 Å². The van der Waals surface area contributed by atoms with Gasteiger partial charge in [0.1, 0.15) is 6.33 Å². The molecule has 0 bridgehead atoms. The molecule has 3 rings (SSSR count). The maximum absolute atomic E-state index is 4.36. The van der Waals surface area contributed by atoms with Gasteiger partial charge in [-0.05, 0) is 12.5 Å². The molecule has 0 aliphatic carbocycles. The molecule has 0 aliphatic heterocycles. The van der Waals surface area contributed by atoms with Crippen molar-refractivity contribution in [3.8, 4) is 0 Å². The highest BCUT2D eigenvalue weighted by Crippen LogP contribution is 2.30. The zero-order valence-electron chi connectivity index (χ0n) is 8.32. The number of hydrogen-bond acceptors (Lipinski definition) is 3. The molecule has 0 spiro atoms. The molecule has 3 heterocycles. The smallest absolute Gasteiger partial charge is 0.240 e. The predicted octanol–water partition coefficient (Wildman–Crippen LogP) is 2.22. The number of aryl methyl sites for hydroxylation is 1. The van der Waals surface area contributed by atoms with E-state index in [1.807, 2.05) is 12.3 Å². The van der Waals surface area contributed by atoms with Gasteiger partial charge < -0.3 is 0 Å². The number of thiophene rings is 1. The summed E-state index contributed by atoms with van der Waals surface area (Å²) < 4.78 is 1.21. The van der Waals surface area contributed by atoms with E-state index in [1.165, 1.54) is 14.9 Å². The molecule has 0 saturated heterocycles. The highest BCUT2D eigenvalue weighted by atomic mass is 32.1. The van der Waals surface area contributed by atoms with Gasteiger partial charge in [-0.15, -0.1) is 0 Å². The van der Waals surface area contributed by atoms with Gasteiger partial charge in [-0.25, -0.2) is 15.0 Å². The third-order valence-electron chi connectivity index (χ3n) is 2.49. The first kappa shape index (κ1) is 8.73. The highest BCUT2D eigenvalue weighted by Gasteiger charge is 2.13. The van der Waals surface area contributed by atoms with E-state index >= 15 is 0 Å². The summed E-state index contributed by atoms with van der Waals surface area (Å²) in [6.45, 7) is 2.12. The number of hydrogen-bond donors (Lipinski definition) is 0. The summed E-state index contributed by atoms with van der Waals surface area (Å²) in [4.78, 5) is 13.1. The van der Waals surface area contributed by atoms with Gasteiger partial charge in [0.15, 0.2) is 6.20 Å². The van der Waals surface area contributed by atoms with Crippen molar-refractivity contribution in [1.82, 2.24) is 9.97 Å². The Hall–Kier alpha value is -1.55. The van der Waals surface area contributed by atoms with Crippen molar-refractivity contribution < 1.29 is 4.98 Å². The average molecular weight is 216 g/mol. The number of pyridine rings is 1. The van der Waals surface area contributed by atoms with E-state index in [4.69, 9.17) is 0 Å². The summed E-state index contributed by atoms with van der Waals surface area (Å²) in [6.07, 6.45) is 4.54. The number of nitrogens with zero attached hydrogens (tertiary/aromatic N) is 2. The number of H-pyrrole nitrogens is 1. The molecule has 3 aromatic rings. The van der Waals surface area contributed by atoms with Crippen LogP contribution in [0.2, 0.25) is 0 Å². The number of rotatable bonds is 1. The minimum absolute atomic E-state index is 0.950. The fourth-order valence-corrected chi connectivity index (χ4v) is 2.94. The molecular formula is C11H10N3S+. The van der Waals surface area contributed by atoms with E-state index in [9.17, 15) is 0 Å². The highest BCUT2D eigenvalue weighted by molar-refractivity contribution is 7.25. The Kier molecular flexibility index (Phi) is 1.89. The zero-order chi connectivity index (χ0) is 10.3. The van der Waals surface area contributed by atoms with Crippen LogP contribution in [0.5, 0.6) is 0 Å². The van der Waals surface area contributed by atoms with Crippen LogP contribution in [0.25, 0.3) is 20.4 Å². The molecule has 0 radical (unpaired) electrons. The quantitative estimate of drug-likeness (QED) is 0.625. The number of fused-ring (bicyclic) bond motifs is 3. The number of nitrogens with one attached hydrogen (secondary N) is 1. The van der Waals surface area contributed by atoms with Crippen LogP contribution in [0.3, 0.4) is 0 Å². The van der Waals surface area contributed by atoms with Gasteiger partial charge in [0.05, 0.1) is 21.3 Å². The number of aromatic amines is 1. The molecule has 0 saturated carbocycles. The molecule has 74 valence electrons. The summed E-state index contributed by atoms with van der Waals surface area (Å²) in [7, 11) is 0. The molecule has 0 unspecified atom stereocenters. The maximum Gasteiger partial charge on any atom is 0.270 e. The second-order valence-electron chi connectivity index (χ2n) is 3.37. The van der Waals surface area contributed by atoms with Crippen molar-refractivity contribution >= 4 is 31.8 Å². The van der Waals surface area contributed by atoms with Crippen LogP contribution in [-0.2, 0) is 6.42 Å². The largest absolute Gasteiger partial charge is 0.270 e. The van der Waals surface area contributed by atoms with Gasteiger partial charge in [-0.1, -0.05) is 18.3 Å². The average Bonchev–Trinajstić information content (AvgIpc) is 2.67. The Morgan fingerprint density at radius 3 is 3.20 bits per heavy atom. The molecule has 4 heteroatoms. The number of aromatic nitrogens is 3. The van der Waals surface area contributed by atoms with Gasteiger partial charge in [-0.3, -0.25) is 0 Å². The van der Waals surface area contributed by atoms with Crippen LogP contribution in [0.1, 0.15) is 12.6 Å². The molecule has 3 aromatic heterocycles. The van der Waals surface area contributed by atoms with E-state index in [0.717, 1.165) is 17.6 Å². The predicted molar refractivity (Wildman–Crippen MR) is 60.9 cm³/mol. The first-order chi connectivity index (χ1) is 7.40. The maximum atomic E-state index is 4.36. The lowest BCUT2D eigenvalue weighted by Gasteiger charge is -1.94. The minimum atomic E-state index is 0.950. The molecule has 3 nitrogen and oxygen atoms in total. The van der Waals surface area contributed by atoms with Gasteiger partial charge >= 0.3 is 0 Å². The lowest BCUT2D eigenvalue weighted by atomic mass is 10.2. The normalized spacial score (nSPS) is 11.3. The summed E-state index contributed by atoms with van der Waals surface area (Å²) >= 11 is 1.73. The van der Waals surface area contributed by atoms with E-state index in [-0.39, 0.29) is 0 Å². The van der Waals surface area contributed by atoms with Crippen LogP contribution < -0.4 is 4.98 Å². The second kappa shape index (κ2) is 3.24. The summed E-state index contributed by atoms with van der Waals surface area (Å²) in [5.41, 5.74) is 2.20. The van der Waals surface area contributed by atoms with E-state index in [1.54, 1.807) is 17.7 Å². The van der Waals surface area contributed by atoms with E-state index in [0.29, 0.717) is 0 Å². The van der Waals surface area contributed by atoms with Crippen LogP contribution in [0, 0.1) is 0 Å². The third kappa shape index (κ3) is 1.22. The Morgan fingerprint density at radius 1 is 1.40 bits per heavy atom. The summed E-state index contributed by atoms with van der Waals surface area (Å²) in [6, 6.07) is 4.10. The Bertz CT molecular complexity index is 630. The Balaban J connectivity index is 2.53. The molecular weight excluding hydrogens is 206 g/mol. The van der Waals surface area contributed by atoms with Gasteiger partial charge in [0.25, 0.3) is 4.83 Å². The van der Waals surface area contributed by atoms with Crippen molar-refractivity contribution in [1.29, 1.82) is 0 Å². The van der Waals surface area contributed by atoms with Crippen molar-refractivity contribution in [3.05, 3.63) is 30.4 Å². The SMILES string of the molecule is CCc1ncnc2c1sc1[nH+]cccc12. The van der Waals surface area contributed by atoms with Crippen LogP contribution in [0.4, 0.5) is 0 Å². The second-order valence-corrected chi connectivity index (χ2v) is 4.39. The van der Waals surface area contributed by atoms with Crippen molar-refractivity contribution in [2.75, 3.05) is 0 Å². The summed E-state index contributed by atoms with van der Waals surface area (Å²) in [5.74, 6) is 0.